The predicted molar refractivity (Wildman–Crippen MR) is 91.8 cm³/mol. The third-order valence-corrected chi connectivity index (χ3v) is 3.38. The van der Waals surface area contributed by atoms with Gasteiger partial charge in [0.05, 0.1) is 6.54 Å². The van der Waals surface area contributed by atoms with Crippen molar-refractivity contribution in [2.45, 2.75) is 13.8 Å². The van der Waals surface area contributed by atoms with Gasteiger partial charge in [0.15, 0.2) is 0 Å². The van der Waals surface area contributed by atoms with E-state index >= 15 is 0 Å². The van der Waals surface area contributed by atoms with Crippen molar-refractivity contribution in [3.8, 4) is 11.8 Å². The molecule has 0 amide bonds. The lowest BCUT2D eigenvalue weighted by atomic mass is 10.2. The first-order chi connectivity index (χ1) is 10.3. The van der Waals surface area contributed by atoms with E-state index < -0.39 is 0 Å². The van der Waals surface area contributed by atoms with Crippen LogP contribution >= 0.6 is 0 Å². The monoisotopic (exact) mass is 278 g/mol. The minimum absolute atomic E-state index is 0.652. The molecule has 0 saturated heterocycles. The first kappa shape index (κ1) is 15.0. The summed E-state index contributed by atoms with van der Waals surface area (Å²) in [6, 6.07) is 18.6. The fraction of sp³-hybridized carbons (Fsp3) is 0.263. The standard InChI is InChI=1S/C19H22N2/c1-3-21(4-2)19-14-12-18(13-15-19)20-16-8-11-17-9-6-5-7-10-17/h5-7,9-10,12-15,20H,3-4,16H2,1-2H3. The van der Waals surface area contributed by atoms with E-state index in [1.807, 2.05) is 30.3 Å². The van der Waals surface area contributed by atoms with Crippen LogP contribution in [0.3, 0.4) is 0 Å². The molecule has 0 saturated carbocycles. The maximum absolute atomic E-state index is 3.32. The minimum atomic E-state index is 0.652. The number of anilines is 2. The molecule has 2 nitrogen and oxygen atoms in total. The van der Waals surface area contributed by atoms with Gasteiger partial charge >= 0.3 is 0 Å². The second kappa shape index (κ2) is 8.01. The van der Waals surface area contributed by atoms with Gasteiger partial charge in [0.1, 0.15) is 0 Å². The molecule has 0 aliphatic heterocycles. The molecule has 0 unspecified atom stereocenters. The highest BCUT2D eigenvalue weighted by atomic mass is 15.1. The summed E-state index contributed by atoms with van der Waals surface area (Å²) >= 11 is 0. The zero-order valence-electron chi connectivity index (χ0n) is 12.8. The highest BCUT2D eigenvalue weighted by Crippen LogP contribution is 2.17. The molecule has 2 rings (SSSR count). The van der Waals surface area contributed by atoms with E-state index in [2.05, 4.69) is 60.2 Å². The van der Waals surface area contributed by atoms with E-state index in [4.69, 9.17) is 0 Å². The maximum Gasteiger partial charge on any atom is 0.0769 e. The normalized spacial score (nSPS) is 9.62. The molecule has 2 aromatic rings. The molecule has 0 aliphatic rings. The summed E-state index contributed by atoms with van der Waals surface area (Å²) in [4.78, 5) is 2.33. The first-order valence-corrected chi connectivity index (χ1v) is 7.46. The number of nitrogens with one attached hydrogen (secondary N) is 1. The molecule has 108 valence electrons. The van der Waals surface area contributed by atoms with Crippen LogP contribution in [0.2, 0.25) is 0 Å². The Hall–Kier alpha value is -2.40. The van der Waals surface area contributed by atoms with E-state index in [0.717, 1.165) is 24.3 Å². The van der Waals surface area contributed by atoms with Crippen LogP contribution < -0.4 is 10.2 Å². The van der Waals surface area contributed by atoms with Crippen molar-refractivity contribution in [2.75, 3.05) is 29.9 Å². The smallest absolute Gasteiger partial charge is 0.0769 e. The summed E-state index contributed by atoms with van der Waals surface area (Å²) < 4.78 is 0. The van der Waals surface area contributed by atoms with Gasteiger partial charge in [-0.05, 0) is 50.2 Å². The second-order valence-electron chi connectivity index (χ2n) is 4.74. The number of rotatable bonds is 5. The zero-order valence-corrected chi connectivity index (χ0v) is 12.8. The quantitative estimate of drug-likeness (QED) is 0.832. The lowest BCUT2D eigenvalue weighted by Gasteiger charge is -2.21. The van der Waals surface area contributed by atoms with E-state index in [1.54, 1.807) is 0 Å². The van der Waals surface area contributed by atoms with Gasteiger partial charge in [0.25, 0.3) is 0 Å². The van der Waals surface area contributed by atoms with Crippen LogP contribution in [-0.4, -0.2) is 19.6 Å². The Morgan fingerprint density at radius 3 is 2.19 bits per heavy atom. The molecule has 0 radical (unpaired) electrons. The van der Waals surface area contributed by atoms with Crippen LogP contribution in [0.15, 0.2) is 54.6 Å². The summed E-state index contributed by atoms with van der Waals surface area (Å²) in [5.74, 6) is 6.28. The number of nitrogens with zero attached hydrogens (tertiary/aromatic N) is 1. The molecule has 0 aliphatic carbocycles. The van der Waals surface area contributed by atoms with Gasteiger partial charge in [-0.25, -0.2) is 0 Å². The van der Waals surface area contributed by atoms with E-state index in [-0.39, 0.29) is 0 Å². The Kier molecular flexibility index (Phi) is 5.72. The molecule has 0 bridgehead atoms. The average molecular weight is 278 g/mol. The van der Waals surface area contributed by atoms with Crippen LogP contribution in [0.1, 0.15) is 19.4 Å². The van der Waals surface area contributed by atoms with Crippen molar-refractivity contribution in [2.24, 2.45) is 0 Å². The van der Waals surface area contributed by atoms with Gasteiger partial charge in [-0.2, -0.15) is 0 Å². The van der Waals surface area contributed by atoms with E-state index in [1.165, 1.54) is 5.69 Å². The van der Waals surface area contributed by atoms with Crippen LogP contribution in [0.4, 0.5) is 11.4 Å². The van der Waals surface area contributed by atoms with Gasteiger partial charge in [-0.3, -0.25) is 0 Å². The van der Waals surface area contributed by atoms with Crippen molar-refractivity contribution in [1.82, 2.24) is 0 Å². The second-order valence-corrected chi connectivity index (χ2v) is 4.74. The molecular formula is C19H22N2. The topological polar surface area (TPSA) is 15.3 Å². The lowest BCUT2D eigenvalue weighted by molar-refractivity contribution is 0.866. The van der Waals surface area contributed by atoms with Gasteiger partial charge in [0, 0.05) is 30.0 Å². The Morgan fingerprint density at radius 1 is 0.905 bits per heavy atom. The highest BCUT2D eigenvalue weighted by Gasteiger charge is 2.00. The summed E-state index contributed by atoms with van der Waals surface area (Å²) in [5, 5.41) is 3.32. The summed E-state index contributed by atoms with van der Waals surface area (Å²) in [6.45, 7) is 7.07. The largest absolute Gasteiger partial charge is 0.374 e. The van der Waals surface area contributed by atoms with Crippen molar-refractivity contribution < 1.29 is 0 Å². The fourth-order valence-corrected chi connectivity index (χ4v) is 2.19. The Morgan fingerprint density at radius 2 is 1.57 bits per heavy atom. The number of benzene rings is 2. The van der Waals surface area contributed by atoms with Crippen LogP contribution in [-0.2, 0) is 0 Å². The molecule has 1 N–H and O–H groups in total. The van der Waals surface area contributed by atoms with Gasteiger partial charge in [-0.1, -0.05) is 30.0 Å². The molecule has 0 atom stereocenters. The molecule has 2 heteroatoms. The maximum atomic E-state index is 3.32. The summed E-state index contributed by atoms with van der Waals surface area (Å²) in [6.07, 6.45) is 0. The highest BCUT2D eigenvalue weighted by molar-refractivity contribution is 5.55. The third kappa shape index (κ3) is 4.57. The van der Waals surface area contributed by atoms with Crippen molar-refractivity contribution >= 4 is 11.4 Å². The Bertz CT molecular complexity index is 587. The van der Waals surface area contributed by atoms with E-state index in [9.17, 15) is 0 Å². The summed E-state index contributed by atoms with van der Waals surface area (Å²) in [5.41, 5.74) is 3.42. The molecule has 0 aromatic heterocycles. The molecule has 21 heavy (non-hydrogen) atoms. The number of hydrogen-bond acceptors (Lipinski definition) is 2. The zero-order chi connectivity index (χ0) is 14.9. The molecule has 0 spiro atoms. The predicted octanol–water partition coefficient (Wildman–Crippen LogP) is 4.00. The molecule has 0 heterocycles. The van der Waals surface area contributed by atoms with Crippen LogP contribution in [0.25, 0.3) is 0 Å². The molecule has 2 aromatic carbocycles. The van der Waals surface area contributed by atoms with Crippen molar-refractivity contribution in [3.63, 3.8) is 0 Å². The average Bonchev–Trinajstić information content (AvgIpc) is 2.55. The van der Waals surface area contributed by atoms with Crippen LogP contribution in [0.5, 0.6) is 0 Å². The van der Waals surface area contributed by atoms with E-state index in [0.29, 0.717) is 6.54 Å². The Labute approximate surface area is 127 Å². The SMILES string of the molecule is CCN(CC)c1ccc(NCC#Cc2ccccc2)cc1. The van der Waals surface area contributed by atoms with Crippen molar-refractivity contribution in [3.05, 3.63) is 60.2 Å². The lowest BCUT2D eigenvalue weighted by Crippen LogP contribution is -2.21. The first-order valence-electron chi connectivity index (χ1n) is 7.46. The van der Waals surface area contributed by atoms with Crippen LogP contribution in [0, 0.1) is 11.8 Å². The van der Waals surface area contributed by atoms with Gasteiger partial charge in [0.2, 0.25) is 0 Å². The summed E-state index contributed by atoms with van der Waals surface area (Å²) in [7, 11) is 0. The molecule has 0 fully saturated rings. The minimum Gasteiger partial charge on any atom is -0.374 e. The van der Waals surface area contributed by atoms with Gasteiger partial charge < -0.3 is 10.2 Å². The molecular weight excluding hydrogens is 256 g/mol. The Balaban J connectivity index is 1.88. The third-order valence-electron chi connectivity index (χ3n) is 3.38. The van der Waals surface area contributed by atoms with Crippen molar-refractivity contribution in [1.29, 1.82) is 0 Å². The van der Waals surface area contributed by atoms with Gasteiger partial charge in [-0.15, -0.1) is 0 Å². The fourth-order valence-electron chi connectivity index (χ4n) is 2.19. The number of hydrogen-bond donors (Lipinski definition) is 1.